The molecule has 2 aliphatic rings. The van der Waals surface area contributed by atoms with E-state index in [1.54, 1.807) is 6.07 Å². The number of carbonyl (C=O) groups is 1. The third kappa shape index (κ3) is 2.77. The smallest absolute Gasteiger partial charge is 0.311 e. The van der Waals surface area contributed by atoms with Crippen LogP contribution in [-0.2, 0) is 16.1 Å². The van der Waals surface area contributed by atoms with Crippen LogP contribution in [0, 0.1) is 5.92 Å². The Morgan fingerprint density at radius 2 is 2.13 bits per heavy atom. The highest BCUT2D eigenvalue weighted by atomic mass is 16.5. The van der Waals surface area contributed by atoms with Gasteiger partial charge in [0.05, 0.1) is 24.2 Å². The van der Waals surface area contributed by atoms with Gasteiger partial charge in [-0.1, -0.05) is 0 Å². The van der Waals surface area contributed by atoms with Crippen molar-refractivity contribution in [1.29, 1.82) is 0 Å². The Labute approximate surface area is 134 Å². The number of likely N-dealkylation sites (tertiary alicyclic amines) is 1. The molecular formula is C18H20N2O3. The van der Waals surface area contributed by atoms with Crippen LogP contribution < -0.4 is 0 Å². The minimum Gasteiger partial charge on any atom is -0.508 e. The average molecular weight is 312 g/mol. The summed E-state index contributed by atoms with van der Waals surface area (Å²) < 4.78 is 4.78. The molecule has 2 fully saturated rings. The van der Waals surface area contributed by atoms with Crippen LogP contribution >= 0.6 is 0 Å². The fourth-order valence-electron chi connectivity index (χ4n) is 3.35. The highest BCUT2D eigenvalue weighted by Crippen LogP contribution is 2.43. The van der Waals surface area contributed by atoms with Crippen molar-refractivity contribution >= 4 is 16.9 Å². The van der Waals surface area contributed by atoms with E-state index >= 15 is 0 Å². The van der Waals surface area contributed by atoms with Crippen LogP contribution in [0.4, 0.5) is 0 Å². The van der Waals surface area contributed by atoms with Gasteiger partial charge in [-0.2, -0.15) is 0 Å². The number of benzene rings is 1. The molecule has 5 nitrogen and oxygen atoms in total. The lowest BCUT2D eigenvalue weighted by Crippen LogP contribution is -2.50. The zero-order chi connectivity index (χ0) is 16.0. The molecule has 1 saturated carbocycles. The number of phenols is 1. The summed E-state index contributed by atoms with van der Waals surface area (Å²) in [7, 11) is 1.44. The lowest BCUT2D eigenvalue weighted by atomic mass is 9.99. The van der Waals surface area contributed by atoms with Gasteiger partial charge in [0, 0.05) is 25.0 Å². The van der Waals surface area contributed by atoms with Crippen LogP contribution in [0.5, 0.6) is 5.75 Å². The fourth-order valence-corrected chi connectivity index (χ4v) is 3.35. The van der Waals surface area contributed by atoms with Crippen molar-refractivity contribution in [3.63, 3.8) is 0 Å². The summed E-state index contributed by atoms with van der Waals surface area (Å²) in [5.41, 5.74) is 3.27. The molecule has 0 unspecified atom stereocenters. The number of pyridine rings is 1. The predicted molar refractivity (Wildman–Crippen MR) is 86.2 cm³/mol. The van der Waals surface area contributed by atoms with E-state index in [9.17, 15) is 9.90 Å². The van der Waals surface area contributed by atoms with E-state index in [2.05, 4.69) is 11.0 Å². The van der Waals surface area contributed by atoms with E-state index in [0.29, 0.717) is 5.92 Å². The Balaban J connectivity index is 1.57. The van der Waals surface area contributed by atoms with Crippen molar-refractivity contribution < 1.29 is 14.6 Å². The number of phenolic OH excluding ortho intramolecular Hbond substituents is 1. The first-order chi connectivity index (χ1) is 11.1. The molecule has 23 heavy (non-hydrogen) atoms. The lowest BCUT2D eigenvalue weighted by molar-refractivity contribution is -0.151. The Bertz CT molecular complexity index is 764. The van der Waals surface area contributed by atoms with E-state index < -0.39 is 0 Å². The third-order valence-corrected chi connectivity index (χ3v) is 4.77. The van der Waals surface area contributed by atoms with E-state index in [0.717, 1.165) is 36.2 Å². The number of rotatable bonds is 4. The first kappa shape index (κ1) is 14.5. The minimum absolute atomic E-state index is 0.000283. The van der Waals surface area contributed by atoms with Gasteiger partial charge in [0.1, 0.15) is 5.75 Å². The lowest BCUT2D eigenvalue weighted by Gasteiger charge is -2.37. The maximum Gasteiger partial charge on any atom is 0.311 e. The van der Waals surface area contributed by atoms with Gasteiger partial charge in [-0.05, 0) is 48.6 Å². The SMILES string of the molecule is COC(=O)C1CN(Cc2cc(C3CC3)c3cc(O)ccc3n2)C1. The number of methoxy groups -OCH3 is 1. The standard InChI is InChI=1S/C18H20N2O3/c1-23-18(22)12-8-20(9-12)10-13-6-15(11-2-3-11)16-7-14(21)4-5-17(16)19-13/h4-7,11-12,21H,2-3,8-10H2,1H3. The Hall–Kier alpha value is -2.14. The van der Waals surface area contributed by atoms with Gasteiger partial charge in [-0.3, -0.25) is 14.7 Å². The van der Waals surface area contributed by atoms with E-state index in [4.69, 9.17) is 9.72 Å². The van der Waals surface area contributed by atoms with Crippen molar-refractivity contribution in [2.75, 3.05) is 20.2 Å². The highest BCUT2D eigenvalue weighted by Gasteiger charge is 2.34. The summed E-state index contributed by atoms with van der Waals surface area (Å²) in [6, 6.07) is 7.56. The summed E-state index contributed by atoms with van der Waals surface area (Å²) in [6.45, 7) is 2.23. The van der Waals surface area contributed by atoms with E-state index in [1.807, 2.05) is 12.1 Å². The number of hydrogen-bond acceptors (Lipinski definition) is 5. The summed E-state index contributed by atoms with van der Waals surface area (Å²) in [5, 5.41) is 10.8. The first-order valence-electron chi connectivity index (χ1n) is 8.07. The molecule has 5 heteroatoms. The third-order valence-electron chi connectivity index (χ3n) is 4.77. The number of fused-ring (bicyclic) bond motifs is 1. The number of esters is 1. The number of aromatic nitrogens is 1. The molecule has 1 N–H and O–H groups in total. The molecule has 0 atom stereocenters. The van der Waals surface area contributed by atoms with Crippen molar-refractivity contribution in [3.05, 3.63) is 35.5 Å². The quantitative estimate of drug-likeness (QED) is 0.879. The van der Waals surface area contributed by atoms with Crippen molar-refractivity contribution in [2.45, 2.75) is 25.3 Å². The zero-order valence-electron chi connectivity index (χ0n) is 13.2. The van der Waals surface area contributed by atoms with Crippen molar-refractivity contribution in [3.8, 4) is 5.75 Å². The largest absolute Gasteiger partial charge is 0.508 e. The molecule has 0 amide bonds. The van der Waals surface area contributed by atoms with Crippen LogP contribution in [0.3, 0.4) is 0 Å². The molecule has 1 aliphatic carbocycles. The second-order valence-electron chi connectivity index (χ2n) is 6.59. The highest BCUT2D eigenvalue weighted by molar-refractivity contribution is 5.84. The molecule has 4 rings (SSSR count). The number of nitrogens with zero attached hydrogens (tertiary/aromatic N) is 2. The van der Waals surface area contributed by atoms with Crippen LogP contribution in [0.2, 0.25) is 0 Å². The van der Waals surface area contributed by atoms with Crippen LogP contribution in [0.15, 0.2) is 24.3 Å². The molecule has 0 bridgehead atoms. The van der Waals surface area contributed by atoms with Crippen LogP contribution in [0.25, 0.3) is 10.9 Å². The molecule has 120 valence electrons. The zero-order valence-corrected chi connectivity index (χ0v) is 13.2. The monoisotopic (exact) mass is 312 g/mol. The van der Waals surface area contributed by atoms with Gasteiger partial charge in [0.25, 0.3) is 0 Å². The molecule has 1 aromatic carbocycles. The summed E-state index contributed by atoms with van der Waals surface area (Å²) in [4.78, 5) is 18.4. The molecular weight excluding hydrogens is 292 g/mol. The van der Waals surface area contributed by atoms with Crippen LogP contribution in [0.1, 0.15) is 30.0 Å². The molecule has 1 aliphatic heterocycles. The number of carbonyl (C=O) groups excluding carboxylic acids is 1. The Morgan fingerprint density at radius 3 is 2.83 bits per heavy atom. The molecule has 1 saturated heterocycles. The van der Waals surface area contributed by atoms with Gasteiger partial charge in [-0.15, -0.1) is 0 Å². The van der Waals surface area contributed by atoms with Gasteiger partial charge in [-0.25, -0.2) is 0 Å². The van der Waals surface area contributed by atoms with Gasteiger partial charge in [0.2, 0.25) is 0 Å². The molecule has 1 aromatic heterocycles. The molecule has 2 heterocycles. The first-order valence-corrected chi connectivity index (χ1v) is 8.07. The van der Waals surface area contributed by atoms with E-state index in [1.165, 1.54) is 25.5 Å². The fraction of sp³-hybridized carbons (Fsp3) is 0.444. The summed E-state index contributed by atoms with van der Waals surface area (Å²) >= 11 is 0. The minimum atomic E-state index is -0.123. The number of aromatic hydroxyl groups is 1. The summed E-state index contributed by atoms with van der Waals surface area (Å²) in [5.74, 6) is 0.764. The normalized spacial score (nSPS) is 18.8. The topological polar surface area (TPSA) is 62.7 Å². The number of ether oxygens (including phenoxy) is 1. The Morgan fingerprint density at radius 1 is 1.35 bits per heavy atom. The predicted octanol–water partition coefficient (Wildman–Crippen LogP) is 2.42. The van der Waals surface area contributed by atoms with Crippen LogP contribution in [-0.4, -0.2) is 41.2 Å². The number of hydrogen-bond donors (Lipinski definition) is 1. The van der Waals surface area contributed by atoms with E-state index in [-0.39, 0.29) is 17.6 Å². The molecule has 0 spiro atoms. The maximum absolute atomic E-state index is 11.5. The second kappa shape index (κ2) is 5.49. The van der Waals surface area contributed by atoms with Gasteiger partial charge < -0.3 is 9.84 Å². The second-order valence-corrected chi connectivity index (χ2v) is 6.59. The van der Waals surface area contributed by atoms with Gasteiger partial charge >= 0.3 is 5.97 Å². The van der Waals surface area contributed by atoms with Crippen molar-refractivity contribution in [2.24, 2.45) is 5.92 Å². The van der Waals surface area contributed by atoms with Crippen molar-refractivity contribution in [1.82, 2.24) is 9.88 Å². The maximum atomic E-state index is 11.5. The van der Waals surface area contributed by atoms with Gasteiger partial charge in [0.15, 0.2) is 0 Å². The molecule has 0 radical (unpaired) electrons. The average Bonchev–Trinajstić information content (AvgIpc) is 3.34. The summed E-state index contributed by atoms with van der Waals surface area (Å²) in [6.07, 6.45) is 2.42. The molecule has 2 aromatic rings. The Kier molecular flexibility index (Phi) is 3.45.